The topological polar surface area (TPSA) is 66.4 Å². The smallest absolute Gasteiger partial charge is 0.307 e. The quantitative estimate of drug-likeness (QED) is 0.766. The SMILES string of the molecule is CC1CCC(CCNC(=O)[C@@H]2CC=CC[C@@H]2C(=O)O)CC1. The summed E-state index contributed by atoms with van der Waals surface area (Å²) in [4.78, 5) is 23.4. The van der Waals surface area contributed by atoms with Crippen LogP contribution in [0, 0.1) is 23.7 Å². The number of carbonyl (C=O) groups is 2. The third kappa shape index (κ3) is 4.58. The Morgan fingerprint density at radius 2 is 1.71 bits per heavy atom. The molecule has 0 aromatic rings. The molecule has 2 N–H and O–H groups in total. The van der Waals surface area contributed by atoms with Crippen LogP contribution in [0.1, 0.15) is 51.9 Å². The molecule has 1 fully saturated rings. The minimum Gasteiger partial charge on any atom is -0.481 e. The van der Waals surface area contributed by atoms with E-state index in [0.29, 0.717) is 19.4 Å². The van der Waals surface area contributed by atoms with Crippen molar-refractivity contribution >= 4 is 11.9 Å². The summed E-state index contributed by atoms with van der Waals surface area (Å²) in [6.45, 7) is 2.99. The van der Waals surface area contributed by atoms with Gasteiger partial charge in [-0.2, -0.15) is 0 Å². The van der Waals surface area contributed by atoms with E-state index in [4.69, 9.17) is 0 Å². The molecule has 2 aliphatic carbocycles. The second-order valence-electron chi connectivity index (χ2n) is 6.70. The lowest BCUT2D eigenvalue weighted by molar-refractivity contribution is -0.147. The van der Waals surface area contributed by atoms with Gasteiger partial charge in [-0.1, -0.05) is 44.8 Å². The summed E-state index contributed by atoms with van der Waals surface area (Å²) in [6, 6.07) is 0. The van der Waals surface area contributed by atoms with Gasteiger partial charge in [0, 0.05) is 6.54 Å². The minimum atomic E-state index is -0.860. The molecule has 0 saturated heterocycles. The molecule has 21 heavy (non-hydrogen) atoms. The third-order valence-corrected chi connectivity index (χ3v) is 5.07. The fourth-order valence-electron chi connectivity index (χ4n) is 3.53. The van der Waals surface area contributed by atoms with Crippen LogP contribution in [0.4, 0.5) is 0 Å². The lowest BCUT2D eigenvalue weighted by Crippen LogP contribution is -2.39. The van der Waals surface area contributed by atoms with Crippen molar-refractivity contribution in [3.05, 3.63) is 12.2 Å². The molecular weight excluding hydrogens is 266 g/mol. The van der Waals surface area contributed by atoms with Gasteiger partial charge < -0.3 is 10.4 Å². The van der Waals surface area contributed by atoms with Crippen LogP contribution in [0.5, 0.6) is 0 Å². The van der Waals surface area contributed by atoms with Crippen LogP contribution in [0.3, 0.4) is 0 Å². The zero-order chi connectivity index (χ0) is 15.2. The first-order valence-electron chi connectivity index (χ1n) is 8.23. The molecule has 4 nitrogen and oxygen atoms in total. The van der Waals surface area contributed by atoms with Gasteiger partial charge in [-0.05, 0) is 31.1 Å². The molecule has 0 unspecified atom stereocenters. The molecule has 4 heteroatoms. The molecule has 1 amide bonds. The molecule has 2 rings (SSSR count). The van der Waals surface area contributed by atoms with E-state index in [-0.39, 0.29) is 5.91 Å². The Morgan fingerprint density at radius 3 is 2.33 bits per heavy atom. The first-order chi connectivity index (χ1) is 10.1. The van der Waals surface area contributed by atoms with Crippen LogP contribution >= 0.6 is 0 Å². The number of carbonyl (C=O) groups excluding carboxylic acids is 1. The van der Waals surface area contributed by atoms with Crippen molar-refractivity contribution in [2.75, 3.05) is 6.54 Å². The maximum Gasteiger partial charge on any atom is 0.307 e. The highest BCUT2D eigenvalue weighted by Crippen LogP contribution is 2.30. The molecule has 0 aromatic heterocycles. The number of carboxylic acids is 1. The molecule has 0 radical (unpaired) electrons. The maximum absolute atomic E-state index is 12.2. The van der Waals surface area contributed by atoms with E-state index in [1.807, 2.05) is 12.2 Å². The lowest BCUT2D eigenvalue weighted by Gasteiger charge is -2.27. The molecule has 0 aliphatic heterocycles. The summed E-state index contributed by atoms with van der Waals surface area (Å²) in [5, 5.41) is 12.2. The fourth-order valence-corrected chi connectivity index (χ4v) is 3.53. The van der Waals surface area contributed by atoms with Crippen LogP contribution in [0.2, 0.25) is 0 Å². The Bertz CT molecular complexity index is 397. The normalized spacial score (nSPS) is 32.6. The van der Waals surface area contributed by atoms with Gasteiger partial charge in [0.25, 0.3) is 0 Å². The highest BCUT2D eigenvalue weighted by molar-refractivity contribution is 5.85. The highest BCUT2D eigenvalue weighted by atomic mass is 16.4. The summed E-state index contributed by atoms with van der Waals surface area (Å²) >= 11 is 0. The molecule has 0 bridgehead atoms. The van der Waals surface area contributed by atoms with E-state index in [1.165, 1.54) is 25.7 Å². The number of rotatable bonds is 5. The minimum absolute atomic E-state index is 0.0871. The average Bonchev–Trinajstić information content (AvgIpc) is 2.49. The first-order valence-corrected chi connectivity index (χ1v) is 8.23. The second kappa shape index (κ2) is 7.62. The Hall–Kier alpha value is -1.32. The Labute approximate surface area is 127 Å². The van der Waals surface area contributed by atoms with Crippen LogP contribution in [-0.2, 0) is 9.59 Å². The number of allylic oxidation sites excluding steroid dienone is 2. The van der Waals surface area contributed by atoms with Crippen molar-refractivity contribution in [3.8, 4) is 0 Å². The summed E-state index contributed by atoms with van der Waals surface area (Å²) in [6.07, 6.45) is 11.0. The number of amides is 1. The van der Waals surface area contributed by atoms with Crippen molar-refractivity contribution in [2.24, 2.45) is 23.7 Å². The zero-order valence-corrected chi connectivity index (χ0v) is 12.9. The van der Waals surface area contributed by atoms with Crippen molar-refractivity contribution in [2.45, 2.75) is 51.9 Å². The summed E-state index contributed by atoms with van der Waals surface area (Å²) < 4.78 is 0. The molecule has 0 aromatic carbocycles. The Kier molecular flexibility index (Phi) is 5.83. The van der Waals surface area contributed by atoms with Gasteiger partial charge in [0.15, 0.2) is 0 Å². The van der Waals surface area contributed by atoms with E-state index in [1.54, 1.807) is 0 Å². The van der Waals surface area contributed by atoms with Crippen LogP contribution in [-0.4, -0.2) is 23.5 Å². The van der Waals surface area contributed by atoms with E-state index < -0.39 is 17.8 Å². The molecule has 0 spiro atoms. The zero-order valence-electron chi connectivity index (χ0n) is 12.9. The average molecular weight is 293 g/mol. The van der Waals surface area contributed by atoms with E-state index in [9.17, 15) is 14.7 Å². The largest absolute Gasteiger partial charge is 0.481 e. The summed E-state index contributed by atoms with van der Waals surface area (Å²) in [7, 11) is 0. The molecule has 1 saturated carbocycles. The predicted molar refractivity (Wildman–Crippen MR) is 81.7 cm³/mol. The van der Waals surface area contributed by atoms with Crippen LogP contribution in [0.15, 0.2) is 12.2 Å². The van der Waals surface area contributed by atoms with Gasteiger partial charge in [-0.25, -0.2) is 0 Å². The lowest BCUT2D eigenvalue weighted by atomic mass is 9.81. The Morgan fingerprint density at radius 1 is 1.10 bits per heavy atom. The maximum atomic E-state index is 12.2. The van der Waals surface area contributed by atoms with Gasteiger partial charge in [0.05, 0.1) is 11.8 Å². The summed E-state index contributed by atoms with van der Waals surface area (Å²) in [5.41, 5.74) is 0. The standard InChI is InChI=1S/C17H27NO3/c1-12-6-8-13(9-7-12)10-11-18-16(19)14-4-2-3-5-15(14)17(20)21/h2-3,12-15H,4-11H2,1H3,(H,18,19)(H,20,21)/t12?,13?,14-,15+/m1/s1. The van der Waals surface area contributed by atoms with Crippen molar-refractivity contribution in [1.82, 2.24) is 5.32 Å². The number of aliphatic carboxylic acids is 1. The van der Waals surface area contributed by atoms with Crippen molar-refractivity contribution < 1.29 is 14.7 Å². The summed E-state index contributed by atoms with van der Waals surface area (Å²) in [5.74, 6) is -0.342. The van der Waals surface area contributed by atoms with Crippen LogP contribution in [0.25, 0.3) is 0 Å². The molecule has 118 valence electrons. The first kappa shape index (κ1) is 16.1. The molecule has 0 heterocycles. The van der Waals surface area contributed by atoms with Crippen LogP contribution < -0.4 is 5.32 Å². The van der Waals surface area contributed by atoms with Gasteiger partial charge in [-0.15, -0.1) is 0 Å². The van der Waals surface area contributed by atoms with Crippen molar-refractivity contribution in [3.63, 3.8) is 0 Å². The monoisotopic (exact) mass is 293 g/mol. The van der Waals surface area contributed by atoms with Crippen molar-refractivity contribution in [1.29, 1.82) is 0 Å². The van der Waals surface area contributed by atoms with Gasteiger partial charge in [-0.3, -0.25) is 9.59 Å². The van der Waals surface area contributed by atoms with E-state index in [2.05, 4.69) is 12.2 Å². The number of carboxylic acid groups (broad SMARTS) is 1. The van der Waals surface area contributed by atoms with Gasteiger partial charge >= 0.3 is 5.97 Å². The number of nitrogens with one attached hydrogen (secondary N) is 1. The molecule has 2 atom stereocenters. The fraction of sp³-hybridized carbons (Fsp3) is 0.765. The van der Waals surface area contributed by atoms with E-state index in [0.717, 1.165) is 18.3 Å². The third-order valence-electron chi connectivity index (χ3n) is 5.07. The van der Waals surface area contributed by atoms with Gasteiger partial charge in [0.2, 0.25) is 5.91 Å². The predicted octanol–water partition coefficient (Wildman–Crippen LogP) is 2.99. The number of hydrogen-bond donors (Lipinski definition) is 2. The molecule has 2 aliphatic rings. The van der Waals surface area contributed by atoms with Gasteiger partial charge in [0.1, 0.15) is 0 Å². The van der Waals surface area contributed by atoms with E-state index >= 15 is 0 Å². The number of hydrogen-bond acceptors (Lipinski definition) is 2. The Balaban J connectivity index is 1.73. The highest BCUT2D eigenvalue weighted by Gasteiger charge is 2.33. The molecular formula is C17H27NO3. The second-order valence-corrected chi connectivity index (χ2v) is 6.70.